The van der Waals surface area contributed by atoms with Gasteiger partial charge in [0.05, 0.1) is 27.1 Å². The number of Topliss-reactive ketones (excluding diaryl/α,β-unsaturated/α-hetero) is 1. The fourth-order valence-electron chi connectivity index (χ4n) is 7.61. The van der Waals surface area contributed by atoms with Crippen LogP contribution in [-0.2, 0) is 24.8 Å². The molecule has 3 saturated carbocycles. The van der Waals surface area contributed by atoms with Gasteiger partial charge in [-0.3, -0.25) is 14.4 Å². The number of carbonyl (C=O) groups is 1. The Kier molecular flexibility index (Phi) is 9.99. The number of ketones is 1. The summed E-state index contributed by atoms with van der Waals surface area (Å²) in [5.41, 5.74) is -2.41. The SMILES string of the molecule is CCCC1(Nc2c(Nc3ccc(Cl)c(S(=O)(=O)N(C)CC4CC4C4(NC5=C(Nc6ccc(Cl)c(S(=O)(=O)N(C)C)c6O)C(O)C5=O)CC4)c3O)c(=O)c2=O)CC1. The second-order valence-electron chi connectivity index (χ2n) is 15.4. The normalized spacial score (nSPS) is 22.3. The standard InChI is InChI=1S/C36H42Cl2N6O10S2/c1-5-10-35(11-12-35)41-25-23(29(47)31(25)49)39-22-9-7-20(38)34(28(22)46)56(53,54)44(4)16-17-15-18(17)36(13-14-36)42-26-24(30(48)32(26)50)40-21-8-6-19(37)33(27(21)45)55(51,52)43(2)3/h6-9,17-18,30,39-42,45-46,48H,5,10-16H2,1-4H3. The van der Waals surface area contributed by atoms with E-state index < -0.39 is 69.6 Å². The molecule has 0 heterocycles. The van der Waals surface area contributed by atoms with E-state index in [1.807, 2.05) is 6.92 Å². The summed E-state index contributed by atoms with van der Waals surface area (Å²) in [7, 11) is -4.64. The summed E-state index contributed by atoms with van der Waals surface area (Å²) in [6.07, 6.45) is 3.72. The molecule has 4 aliphatic rings. The van der Waals surface area contributed by atoms with Gasteiger partial charge in [0, 0.05) is 38.8 Å². The Bertz CT molecular complexity index is 2490. The third-order valence-corrected chi connectivity index (χ3v) is 16.0. The van der Waals surface area contributed by atoms with Gasteiger partial charge in [-0.2, -0.15) is 0 Å². The number of nitrogens with one attached hydrogen (secondary N) is 4. The minimum atomic E-state index is -4.40. The molecule has 0 aliphatic heterocycles. The number of nitrogens with zero attached hydrogens (tertiary/aromatic N) is 2. The van der Waals surface area contributed by atoms with E-state index in [4.69, 9.17) is 23.2 Å². The number of aromatic hydroxyl groups is 2. The molecule has 0 radical (unpaired) electrons. The Labute approximate surface area is 333 Å². The van der Waals surface area contributed by atoms with Crippen molar-refractivity contribution in [3.63, 3.8) is 0 Å². The average molecular weight is 854 g/mol. The van der Waals surface area contributed by atoms with Crippen molar-refractivity contribution < 1.29 is 36.9 Å². The highest BCUT2D eigenvalue weighted by molar-refractivity contribution is 7.89. The van der Waals surface area contributed by atoms with E-state index in [1.165, 1.54) is 45.4 Å². The van der Waals surface area contributed by atoms with E-state index in [-0.39, 0.29) is 68.1 Å². The highest BCUT2D eigenvalue weighted by Crippen LogP contribution is 2.59. The maximum absolute atomic E-state index is 13.9. The minimum Gasteiger partial charge on any atom is -0.504 e. The first-order valence-corrected chi connectivity index (χ1v) is 21.7. The summed E-state index contributed by atoms with van der Waals surface area (Å²) in [6.45, 7) is 2.06. The van der Waals surface area contributed by atoms with Crippen LogP contribution in [0.5, 0.6) is 11.5 Å². The molecule has 3 aromatic carbocycles. The van der Waals surface area contributed by atoms with Gasteiger partial charge in [0.2, 0.25) is 25.8 Å². The molecule has 3 atom stereocenters. The molecule has 3 fully saturated rings. The van der Waals surface area contributed by atoms with E-state index in [0.717, 1.165) is 34.3 Å². The molecule has 0 aromatic heterocycles. The van der Waals surface area contributed by atoms with Crippen molar-refractivity contribution >= 4 is 71.8 Å². The topological polar surface area (TPSA) is 235 Å². The van der Waals surface area contributed by atoms with Gasteiger partial charge in [-0.15, -0.1) is 0 Å². The van der Waals surface area contributed by atoms with Gasteiger partial charge in [-0.05, 0) is 74.6 Å². The van der Waals surface area contributed by atoms with Crippen LogP contribution >= 0.6 is 23.2 Å². The lowest BCUT2D eigenvalue weighted by Crippen LogP contribution is -2.50. The maximum atomic E-state index is 13.9. The highest BCUT2D eigenvalue weighted by atomic mass is 35.5. The number of hydrogen-bond donors (Lipinski definition) is 7. The molecule has 4 aliphatic carbocycles. The molecule has 3 unspecified atom stereocenters. The lowest BCUT2D eigenvalue weighted by molar-refractivity contribution is -0.125. The highest BCUT2D eigenvalue weighted by Gasteiger charge is 2.61. The summed E-state index contributed by atoms with van der Waals surface area (Å²) < 4.78 is 55.5. The fraction of sp³-hybridized carbons (Fsp3) is 0.472. The monoisotopic (exact) mass is 852 g/mol. The Balaban J connectivity index is 1.05. The number of rotatable bonds is 17. The van der Waals surface area contributed by atoms with Crippen molar-refractivity contribution in [2.45, 2.75) is 78.8 Å². The van der Waals surface area contributed by atoms with Crippen molar-refractivity contribution in [2.24, 2.45) is 11.8 Å². The fourth-order valence-corrected chi connectivity index (χ4v) is 10.9. The van der Waals surface area contributed by atoms with Gasteiger partial charge in [-0.1, -0.05) is 36.5 Å². The summed E-state index contributed by atoms with van der Waals surface area (Å²) in [5.74, 6) is -2.23. The second-order valence-corrected chi connectivity index (χ2v) is 20.3. The van der Waals surface area contributed by atoms with Crippen LogP contribution in [0.1, 0.15) is 51.9 Å². The molecule has 0 bridgehead atoms. The zero-order chi connectivity index (χ0) is 40.9. The van der Waals surface area contributed by atoms with Crippen LogP contribution in [0.3, 0.4) is 0 Å². The number of benzene rings is 2. The summed E-state index contributed by atoms with van der Waals surface area (Å²) in [4.78, 5) is 36.8. The molecular weight excluding hydrogens is 811 g/mol. The third-order valence-electron chi connectivity index (χ3n) is 11.3. The zero-order valence-electron chi connectivity index (χ0n) is 30.9. The summed E-state index contributed by atoms with van der Waals surface area (Å²) >= 11 is 12.5. The van der Waals surface area contributed by atoms with Crippen molar-refractivity contribution in [1.82, 2.24) is 13.9 Å². The number of halogens is 2. The van der Waals surface area contributed by atoms with Crippen molar-refractivity contribution in [3.05, 3.63) is 66.2 Å². The Hall–Kier alpha value is -3.91. The van der Waals surface area contributed by atoms with E-state index >= 15 is 0 Å². The molecule has 56 heavy (non-hydrogen) atoms. The number of hydrogen-bond acceptors (Lipinski definition) is 14. The average Bonchev–Trinajstić information content (AvgIpc) is 4.04. The number of carbonyl (C=O) groups excluding carboxylic acids is 1. The van der Waals surface area contributed by atoms with Crippen LogP contribution < -0.4 is 32.1 Å². The number of phenolic OH excluding ortho intramolecular Hbond substituents is 2. The molecule has 0 saturated heterocycles. The second kappa shape index (κ2) is 13.9. The van der Waals surface area contributed by atoms with Gasteiger partial charge >= 0.3 is 0 Å². The van der Waals surface area contributed by atoms with Gasteiger partial charge in [0.1, 0.15) is 26.9 Å². The van der Waals surface area contributed by atoms with Gasteiger partial charge < -0.3 is 36.6 Å². The summed E-state index contributed by atoms with van der Waals surface area (Å²) in [6, 6.07) is 5.19. The molecule has 0 amide bonds. The number of anilines is 4. The number of aliphatic hydroxyl groups is 1. The largest absolute Gasteiger partial charge is 0.504 e. The number of phenols is 2. The minimum absolute atomic E-state index is 0.0299. The quantitative estimate of drug-likeness (QED) is 0.0763. The lowest BCUT2D eigenvalue weighted by Gasteiger charge is -2.33. The van der Waals surface area contributed by atoms with E-state index in [1.54, 1.807) is 0 Å². The van der Waals surface area contributed by atoms with Crippen molar-refractivity contribution in [3.8, 4) is 11.5 Å². The third kappa shape index (κ3) is 6.71. The molecule has 7 rings (SSSR count). The molecule has 302 valence electrons. The molecule has 16 nitrogen and oxygen atoms in total. The number of aliphatic hydroxyl groups excluding tert-OH is 1. The first kappa shape index (κ1) is 40.3. The molecular formula is C36H42Cl2N6O10S2. The predicted molar refractivity (Wildman–Crippen MR) is 210 cm³/mol. The number of sulfonamides is 2. The van der Waals surface area contributed by atoms with Crippen LogP contribution in [0.25, 0.3) is 0 Å². The Morgan fingerprint density at radius 1 is 0.804 bits per heavy atom. The van der Waals surface area contributed by atoms with Crippen molar-refractivity contribution in [2.75, 3.05) is 43.6 Å². The summed E-state index contributed by atoms with van der Waals surface area (Å²) in [5, 5.41) is 44.2. The smallest absolute Gasteiger partial charge is 0.253 e. The molecule has 0 spiro atoms. The van der Waals surface area contributed by atoms with Crippen LogP contribution in [0.15, 0.2) is 55.0 Å². The molecule has 3 aromatic rings. The van der Waals surface area contributed by atoms with E-state index in [0.29, 0.717) is 19.3 Å². The van der Waals surface area contributed by atoms with Crippen LogP contribution in [0.4, 0.5) is 22.7 Å². The van der Waals surface area contributed by atoms with Gasteiger partial charge in [0.15, 0.2) is 17.6 Å². The van der Waals surface area contributed by atoms with E-state index in [2.05, 4.69) is 21.3 Å². The van der Waals surface area contributed by atoms with Gasteiger partial charge in [-0.25, -0.2) is 25.4 Å². The van der Waals surface area contributed by atoms with E-state index in [9.17, 15) is 46.5 Å². The van der Waals surface area contributed by atoms with Gasteiger partial charge in [0.25, 0.3) is 10.9 Å². The first-order chi connectivity index (χ1) is 26.2. The predicted octanol–water partition coefficient (Wildman–Crippen LogP) is 3.39. The first-order valence-electron chi connectivity index (χ1n) is 18.0. The maximum Gasteiger partial charge on any atom is 0.253 e. The van der Waals surface area contributed by atoms with Crippen LogP contribution in [0, 0.1) is 11.8 Å². The van der Waals surface area contributed by atoms with Crippen LogP contribution in [-0.4, -0.2) is 91.4 Å². The zero-order valence-corrected chi connectivity index (χ0v) is 34.0. The molecule has 20 heteroatoms. The lowest BCUT2D eigenvalue weighted by atomic mass is 9.93. The van der Waals surface area contributed by atoms with Crippen molar-refractivity contribution in [1.29, 1.82) is 0 Å². The molecule has 7 N–H and O–H groups in total. The Morgan fingerprint density at radius 2 is 1.36 bits per heavy atom. The van der Waals surface area contributed by atoms with Crippen LogP contribution in [0.2, 0.25) is 10.0 Å². The Morgan fingerprint density at radius 3 is 1.89 bits per heavy atom.